The van der Waals surface area contributed by atoms with Gasteiger partial charge in [-0.3, -0.25) is 19.3 Å². The molecule has 2 amide bonds. The van der Waals surface area contributed by atoms with Crippen molar-refractivity contribution in [3.05, 3.63) is 29.3 Å². The fourth-order valence-corrected chi connectivity index (χ4v) is 1.97. The van der Waals surface area contributed by atoms with Crippen LogP contribution in [0.4, 0.5) is 5.69 Å². The molecule has 5 heteroatoms. The first-order valence-corrected chi connectivity index (χ1v) is 5.59. The molecule has 0 radical (unpaired) electrons. The summed E-state index contributed by atoms with van der Waals surface area (Å²) in [6.07, 6.45) is 0. The maximum absolute atomic E-state index is 11.9. The topological polar surface area (TPSA) is 57.7 Å². The van der Waals surface area contributed by atoms with E-state index in [0.717, 1.165) is 5.56 Å². The Balaban J connectivity index is 2.43. The van der Waals surface area contributed by atoms with Gasteiger partial charge in [-0.05, 0) is 18.6 Å². The predicted octanol–water partition coefficient (Wildman–Crippen LogP) is 0.613. The van der Waals surface area contributed by atoms with Crippen molar-refractivity contribution in [3.63, 3.8) is 0 Å². The van der Waals surface area contributed by atoms with Crippen LogP contribution in [-0.2, 0) is 9.59 Å². The van der Waals surface area contributed by atoms with E-state index < -0.39 is 11.7 Å². The molecular weight excluding hydrogens is 232 g/mol. The summed E-state index contributed by atoms with van der Waals surface area (Å²) in [5, 5.41) is 0. The molecule has 1 aliphatic heterocycles. The Morgan fingerprint density at radius 2 is 1.94 bits per heavy atom. The molecule has 0 fully saturated rings. The number of anilines is 1. The lowest BCUT2D eigenvalue weighted by Crippen LogP contribution is -2.39. The summed E-state index contributed by atoms with van der Waals surface area (Å²) in [5.74, 6) is -1.39. The molecule has 2 rings (SSSR count). The van der Waals surface area contributed by atoms with Crippen molar-refractivity contribution in [1.29, 1.82) is 0 Å². The Kier molecular flexibility index (Phi) is 2.90. The number of rotatable bonds is 2. The highest BCUT2D eigenvalue weighted by molar-refractivity contribution is 6.52. The molecule has 5 nitrogen and oxygen atoms in total. The largest absolute Gasteiger partial charge is 0.347 e. The number of aryl methyl sites for hydroxylation is 1. The van der Waals surface area contributed by atoms with Gasteiger partial charge < -0.3 is 4.90 Å². The molecule has 0 unspecified atom stereocenters. The fraction of sp³-hybridized carbons (Fsp3) is 0.308. The van der Waals surface area contributed by atoms with E-state index in [1.54, 1.807) is 26.2 Å². The zero-order chi connectivity index (χ0) is 13.4. The zero-order valence-corrected chi connectivity index (χ0v) is 10.6. The third-order valence-corrected chi connectivity index (χ3v) is 2.98. The SMILES string of the molecule is Cc1cccc2c1N(CC(=O)N(C)C)C(=O)C2=O. The third kappa shape index (κ3) is 1.77. The lowest BCUT2D eigenvalue weighted by molar-refractivity contribution is -0.128. The molecular formula is C13H14N2O3. The predicted molar refractivity (Wildman–Crippen MR) is 66.6 cm³/mol. The van der Waals surface area contributed by atoms with Crippen LogP contribution in [0.15, 0.2) is 18.2 Å². The average Bonchev–Trinajstić information content (AvgIpc) is 2.56. The van der Waals surface area contributed by atoms with Gasteiger partial charge in [-0.1, -0.05) is 12.1 Å². The van der Waals surface area contributed by atoms with Crippen LogP contribution in [0.1, 0.15) is 15.9 Å². The maximum Gasteiger partial charge on any atom is 0.299 e. The Hall–Kier alpha value is -2.17. The van der Waals surface area contributed by atoms with Crippen LogP contribution in [0, 0.1) is 6.92 Å². The number of nitrogens with zero attached hydrogens (tertiary/aromatic N) is 2. The van der Waals surface area contributed by atoms with Crippen molar-refractivity contribution in [2.75, 3.05) is 25.5 Å². The van der Waals surface area contributed by atoms with Crippen molar-refractivity contribution < 1.29 is 14.4 Å². The molecule has 1 aromatic carbocycles. The standard InChI is InChI=1S/C13H14N2O3/c1-8-5-4-6-9-11(8)15(13(18)12(9)17)7-10(16)14(2)3/h4-6H,7H2,1-3H3. The van der Waals surface area contributed by atoms with Crippen LogP contribution in [0.2, 0.25) is 0 Å². The minimum absolute atomic E-state index is 0.102. The zero-order valence-electron chi connectivity index (χ0n) is 10.6. The second kappa shape index (κ2) is 4.25. The Labute approximate surface area is 105 Å². The number of benzene rings is 1. The summed E-state index contributed by atoms with van der Waals surface area (Å²) in [5.41, 5.74) is 1.76. The van der Waals surface area contributed by atoms with Gasteiger partial charge in [0.2, 0.25) is 5.91 Å². The summed E-state index contributed by atoms with van der Waals surface area (Å²) in [4.78, 5) is 38.0. The number of fused-ring (bicyclic) bond motifs is 1. The number of ketones is 1. The van der Waals surface area contributed by atoms with Gasteiger partial charge in [-0.15, -0.1) is 0 Å². The van der Waals surface area contributed by atoms with E-state index in [2.05, 4.69) is 0 Å². The monoisotopic (exact) mass is 246 g/mol. The van der Waals surface area contributed by atoms with Crippen LogP contribution >= 0.6 is 0 Å². The van der Waals surface area contributed by atoms with Crippen molar-refractivity contribution in [2.45, 2.75) is 6.92 Å². The molecule has 0 saturated carbocycles. The number of amides is 2. The van der Waals surface area contributed by atoms with Gasteiger partial charge in [0, 0.05) is 14.1 Å². The highest BCUT2D eigenvalue weighted by Gasteiger charge is 2.37. The van der Waals surface area contributed by atoms with Crippen molar-refractivity contribution in [3.8, 4) is 0 Å². The van der Waals surface area contributed by atoms with E-state index in [0.29, 0.717) is 11.3 Å². The Morgan fingerprint density at radius 3 is 2.56 bits per heavy atom. The van der Waals surface area contributed by atoms with Gasteiger partial charge in [0.15, 0.2) is 0 Å². The maximum atomic E-state index is 11.9. The molecule has 0 spiro atoms. The number of hydrogen-bond donors (Lipinski definition) is 0. The Morgan fingerprint density at radius 1 is 1.28 bits per heavy atom. The number of carbonyl (C=O) groups is 3. The van der Waals surface area contributed by atoms with Gasteiger partial charge in [0.25, 0.3) is 11.7 Å². The number of Topliss-reactive ketones (excluding diaryl/α,β-unsaturated/α-hetero) is 1. The minimum Gasteiger partial charge on any atom is -0.347 e. The molecule has 0 atom stereocenters. The second-order valence-electron chi connectivity index (χ2n) is 4.48. The number of hydrogen-bond acceptors (Lipinski definition) is 3. The van der Waals surface area contributed by atoms with E-state index in [9.17, 15) is 14.4 Å². The first-order chi connectivity index (χ1) is 8.43. The second-order valence-corrected chi connectivity index (χ2v) is 4.48. The number of para-hydroxylation sites is 1. The van der Waals surface area contributed by atoms with Crippen LogP contribution in [0.3, 0.4) is 0 Å². The van der Waals surface area contributed by atoms with E-state index >= 15 is 0 Å². The van der Waals surface area contributed by atoms with Gasteiger partial charge in [0.1, 0.15) is 6.54 Å². The lowest BCUT2D eigenvalue weighted by atomic mass is 10.1. The van der Waals surface area contributed by atoms with Crippen LogP contribution in [-0.4, -0.2) is 43.1 Å². The van der Waals surface area contributed by atoms with Gasteiger partial charge in [-0.2, -0.15) is 0 Å². The summed E-state index contributed by atoms with van der Waals surface area (Å²) in [7, 11) is 3.23. The molecule has 1 aromatic rings. The molecule has 0 aromatic heterocycles. The molecule has 0 aliphatic carbocycles. The quantitative estimate of drug-likeness (QED) is 0.718. The smallest absolute Gasteiger partial charge is 0.299 e. The number of carbonyl (C=O) groups excluding carboxylic acids is 3. The normalized spacial score (nSPS) is 13.8. The first kappa shape index (κ1) is 12.3. The fourth-order valence-electron chi connectivity index (χ4n) is 1.97. The average molecular weight is 246 g/mol. The molecule has 1 heterocycles. The van der Waals surface area contributed by atoms with Gasteiger partial charge in [-0.25, -0.2) is 0 Å². The Bertz CT molecular complexity index is 549. The highest BCUT2D eigenvalue weighted by Crippen LogP contribution is 2.31. The lowest BCUT2D eigenvalue weighted by Gasteiger charge is -2.20. The van der Waals surface area contributed by atoms with Crippen molar-refractivity contribution in [1.82, 2.24) is 4.90 Å². The van der Waals surface area contributed by atoms with E-state index in [1.165, 1.54) is 9.80 Å². The molecule has 0 bridgehead atoms. The van der Waals surface area contributed by atoms with Crippen LogP contribution in [0.5, 0.6) is 0 Å². The molecule has 1 aliphatic rings. The van der Waals surface area contributed by atoms with E-state index in [-0.39, 0.29) is 12.5 Å². The first-order valence-electron chi connectivity index (χ1n) is 5.59. The molecule has 0 saturated heterocycles. The van der Waals surface area contributed by atoms with Gasteiger partial charge in [0.05, 0.1) is 11.3 Å². The summed E-state index contributed by atoms with van der Waals surface area (Å²) in [6, 6.07) is 5.16. The van der Waals surface area contributed by atoms with Crippen molar-refractivity contribution in [2.24, 2.45) is 0 Å². The third-order valence-electron chi connectivity index (χ3n) is 2.98. The molecule has 18 heavy (non-hydrogen) atoms. The molecule has 94 valence electrons. The summed E-state index contributed by atoms with van der Waals surface area (Å²) < 4.78 is 0. The van der Waals surface area contributed by atoms with Gasteiger partial charge >= 0.3 is 0 Å². The minimum atomic E-state index is -0.630. The molecule has 0 N–H and O–H groups in total. The highest BCUT2D eigenvalue weighted by atomic mass is 16.2. The van der Waals surface area contributed by atoms with Crippen molar-refractivity contribution >= 4 is 23.3 Å². The summed E-state index contributed by atoms with van der Waals surface area (Å²) in [6.45, 7) is 1.72. The summed E-state index contributed by atoms with van der Waals surface area (Å²) >= 11 is 0. The van der Waals surface area contributed by atoms with Crippen LogP contribution in [0.25, 0.3) is 0 Å². The van der Waals surface area contributed by atoms with E-state index in [4.69, 9.17) is 0 Å². The van der Waals surface area contributed by atoms with Crippen LogP contribution < -0.4 is 4.90 Å². The van der Waals surface area contributed by atoms with E-state index in [1.807, 2.05) is 13.0 Å². The number of likely N-dealkylation sites (N-methyl/N-ethyl adjacent to an activating group) is 1.